The van der Waals surface area contributed by atoms with Gasteiger partial charge in [0.25, 0.3) is 11.5 Å². The Hall–Kier alpha value is -4.57. The van der Waals surface area contributed by atoms with Gasteiger partial charge in [-0.2, -0.15) is 9.78 Å². The van der Waals surface area contributed by atoms with Crippen molar-refractivity contribution in [2.45, 2.75) is 40.0 Å². The third-order valence-corrected chi connectivity index (χ3v) is 7.74. The predicted octanol–water partition coefficient (Wildman–Crippen LogP) is 7.12. The van der Waals surface area contributed by atoms with E-state index in [0.29, 0.717) is 28.2 Å². The summed E-state index contributed by atoms with van der Waals surface area (Å²) in [7, 11) is 0. The maximum absolute atomic E-state index is 13.5. The van der Waals surface area contributed by atoms with Crippen LogP contribution in [0.25, 0.3) is 16.6 Å². The van der Waals surface area contributed by atoms with Crippen molar-refractivity contribution in [2.75, 3.05) is 11.9 Å². The van der Waals surface area contributed by atoms with Crippen LogP contribution >= 0.6 is 15.9 Å². The number of carbonyl (C=O) groups excluding carboxylic acids is 1. The van der Waals surface area contributed by atoms with E-state index in [-0.39, 0.29) is 24.0 Å². The number of rotatable bonds is 9. The Morgan fingerprint density at radius 2 is 1.88 bits per heavy atom. The van der Waals surface area contributed by atoms with Crippen molar-refractivity contribution in [2.24, 2.45) is 5.10 Å². The Labute approximate surface area is 257 Å². The highest BCUT2D eigenvalue weighted by atomic mass is 79.9. The average molecular weight is 645 g/mol. The molecule has 0 aliphatic rings. The molecule has 0 radical (unpaired) electrons. The molecule has 3 aromatic carbocycles. The monoisotopic (exact) mass is 643 g/mol. The second kappa shape index (κ2) is 12.7. The molecule has 0 spiro atoms. The Balaban J connectivity index is 1.36. The molecule has 43 heavy (non-hydrogen) atoms. The summed E-state index contributed by atoms with van der Waals surface area (Å²) in [6.07, 6.45) is 2.52. The van der Waals surface area contributed by atoms with Gasteiger partial charge >= 0.3 is 0 Å². The van der Waals surface area contributed by atoms with E-state index >= 15 is 0 Å². The molecule has 0 aliphatic heterocycles. The largest absolute Gasteiger partial charge is 0.484 e. The lowest BCUT2D eigenvalue weighted by Crippen LogP contribution is -2.23. The Kier molecular flexibility index (Phi) is 8.86. The summed E-state index contributed by atoms with van der Waals surface area (Å²) < 4.78 is 23.3. The Morgan fingerprint density at radius 1 is 1.12 bits per heavy atom. The molecule has 1 N–H and O–H groups in total. The number of halogens is 2. The molecule has 5 rings (SSSR count). The highest BCUT2D eigenvalue weighted by Crippen LogP contribution is 2.24. The van der Waals surface area contributed by atoms with Gasteiger partial charge in [-0.3, -0.25) is 9.59 Å². The van der Waals surface area contributed by atoms with Crippen molar-refractivity contribution >= 4 is 44.6 Å². The number of hydrogen-bond donors (Lipinski definition) is 1. The maximum atomic E-state index is 13.5. The molecule has 0 aliphatic carbocycles. The lowest BCUT2D eigenvalue weighted by atomic mass is 10.1. The number of ether oxygens (including phenoxy) is 1. The Morgan fingerprint density at radius 3 is 2.60 bits per heavy atom. The lowest BCUT2D eigenvalue weighted by molar-refractivity contribution is -0.118. The zero-order valence-electron chi connectivity index (χ0n) is 24.3. The molecule has 0 bridgehead atoms. The summed E-state index contributed by atoms with van der Waals surface area (Å²) >= 11 is 3.45. The first-order valence-corrected chi connectivity index (χ1v) is 14.7. The van der Waals surface area contributed by atoms with E-state index < -0.39 is 5.82 Å². The second-order valence-electron chi connectivity index (χ2n) is 10.3. The molecule has 0 fully saturated rings. The molecule has 2 aromatic heterocycles. The van der Waals surface area contributed by atoms with Gasteiger partial charge in [0.1, 0.15) is 17.4 Å². The van der Waals surface area contributed by atoms with Gasteiger partial charge < -0.3 is 14.6 Å². The van der Waals surface area contributed by atoms with E-state index in [1.54, 1.807) is 30.5 Å². The molecular formula is C33H31BrFN5O3. The highest BCUT2D eigenvalue weighted by molar-refractivity contribution is 9.10. The van der Waals surface area contributed by atoms with E-state index in [4.69, 9.17) is 9.72 Å². The third kappa shape index (κ3) is 6.59. The minimum absolute atomic E-state index is 0.0403. The molecular weight excluding hydrogens is 613 g/mol. The van der Waals surface area contributed by atoms with Crippen molar-refractivity contribution in [3.05, 3.63) is 116 Å². The van der Waals surface area contributed by atoms with Gasteiger partial charge in [-0.1, -0.05) is 35.8 Å². The van der Waals surface area contributed by atoms with Crippen LogP contribution in [0.4, 0.5) is 10.1 Å². The number of carbonyl (C=O) groups is 1. The topological polar surface area (TPSA) is 90.5 Å². The van der Waals surface area contributed by atoms with Crippen LogP contribution in [0.15, 0.2) is 87.2 Å². The minimum Gasteiger partial charge on any atom is -0.484 e. The molecule has 5 aromatic rings. The highest BCUT2D eigenvalue weighted by Gasteiger charge is 2.16. The van der Waals surface area contributed by atoms with Crippen LogP contribution in [-0.2, 0) is 4.79 Å². The number of nitrogens with one attached hydrogen (secondary N) is 1. The summed E-state index contributed by atoms with van der Waals surface area (Å²) in [5.74, 6) is 0.365. The van der Waals surface area contributed by atoms with Gasteiger partial charge in [-0.15, -0.1) is 0 Å². The predicted molar refractivity (Wildman–Crippen MR) is 171 cm³/mol. The van der Waals surface area contributed by atoms with Crippen LogP contribution in [0.3, 0.4) is 0 Å². The lowest BCUT2D eigenvalue weighted by Gasteiger charge is -2.14. The first-order chi connectivity index (χ1) is 20.6. The Bertz CT molecular complexity index is 1900. The van der Waals surface area contributed by atoms with Crippen LogP contribution in [0, 0.1) is 19.7 Å². The number of fused-ring (bicyclic) bond motifs is 1. The van der Waals surface area contributed by atoms with Crippen molar-refractivity contribution in [3.63, 3.8) is 0 Å². The van der Waals surface area contributed by atoms with E-state index in [1.165, 1.54) is 22.9 Å². The molecule has 10 heteroatoms. The number of nitrogens with zero attached hydrogens (tertiary/aromatic N) is 4. The SMILES string of the molecule is CC[C@H](C)c1nc2ccc(Br)cc2c(=O)n1N=Cc1cc(C)n(-c2ccc(OCC(=O)Nc3cccc(F)c3)cc2)c1C. The first kappa shape index (κ1) is 29.9. The summed E-state index contributed by atoms with van der Waals surface area (Å²) in [5, 5.41) is 7.74. The quantitative estimate of drug-likeness (QED) is 0.173. The number of aromatic nitrogens is 3. The molecule has 0 unspecified atom stereocenters. The fourth-order valence-electron chi connectivity index (χ4n) is 4.82. The van der Waals surface area contributed by atoms with Gasteiger partial charge in [0, 0.05) is 38.7 Å². The van der Waals surface area contributed by atoms with E-state index in [1.807, 2.05) is 51.1 Å². The molecule has 0 saturated heterocycles. The average Bonchev–Trinajstić information content (AvgIpc) is 3.27. The van der Waals surface area contributed by atoms with Gasteiger partial charge in [0.15, 0.2) is 6.61 Å². The van der Waals surface area contributed by atoms with Crippen molar-refractivity contribution < 1.29 is 13.9 Å². The molecule has 8 nitrogen and oxygen atoms in total. The summed E-state index contributed by atoms with van der Waals surface area (Å²) in [6, 6.07) is 20.6. The number of hydrogen-bond acceptors (Lipinski definition) is 5. The summed E-state index contributed by atoms with van der Waals surface area (Å²) in [6.45, 7) is 7.87. The van der Waals surface area contributed by atoms with Crippen LogP contribution in [0.5, 0.6) is 5.75 Å². The van der Waals surface area contributed by atoms with E-state index in [9.17, 15) is 14.0 Å². The fourth-order valence-corrected chi connectivity index (χ4v) is 5.18. The van der Waals surface area contributed by atoms with Gasteiger partial charge in [0.05, 0.1) is 17.1 Å². The van der Waals surface area contributed by atoms with E-state index in [2.05, 4.69) is 37.8 Å². The van der Waals surface area contributed by atoms with Crippen molar-refractivity contribution in [1.82, 2.24) is 14.2 Å². The van der Waals surface area contributed by atoms with Gasteiger partial charge in [-0.25, -0.2) is 9.37 Å². The standard InChI is InChI=1S/C33H31BrFN5O3/c1-5-20(2)32-38-30-14-9-24(34)16-29(30)33(42)40(32)36-18-23-15-21(3)39(22(23)4)27-10-12-28(13-11-27)43-19-31(41)37-26-8-6-7-25(35)17-26/h6-18,20H,5,19H2,1-4H3,(H,37,41)/t20-/m0/s1. The third-order valence-electron chi connectivity index (χ3n) is 7.24. The summed E-state index contributed by atoms with van der Waals surface area (Å²) in [4.78, 5) is 30.5. The number of aryl methyl sites for hydroxylation is 1. The normalized spacial score (nSPS) is 12.1. The molecule has 1 atom stereocenters. The van der Waals surface area contributed by atoms with Crippen molar-refractivity contribution in [3.8, 4) is 11.4 Å². The molecule has 220 valence electrons. The zero-order valence-corrected chi connectivity index (χ0v) is 25.9. The zero-order chi connectivity index (χ0) is 30.7. The van der Waals surface area contributed by atoms with Gasteiger partial charge in [-0.05, 0) is 87.0 Å². The van der Waals surface area contributed by atoms with Crippen LogP contribution < -0.4 is 15.6 Å². The molecule has 1 amide bonds. The van der Waals surface area contributed by atoms with Crippen LogP contribution in [-0.4, -0.2) is 33.0 Å². The van der Waals surface area contributed by atoms with Crippen LogP contribution in [0.2, 0.25) is 0 Å². The molecule has 0 saturated carbocycles. The minimum atomic E-state index is -0.428. The van der Waals surface area contributed by atoms with E-state index in [0.717, 1.165) is 33.5 Å². The first-order valence-electron chi connectivity index (χ1n) is 13.9. The number of anilines is 1. The van der Waals surface area contributed by atoms with Gasteiger partial charge in [0.2, 0.25) is 0 Å². The second-order valence-corrected chi connectivity index (χ2v) is 11.2. The smallest absolute Gasteiger partial charge is 0.282 e. The van der Waals surface area contributed by atoms with Crippen LogP contribution in [0.1, 0.15) is 49.0 Å². The maximum Gasteiger partial charge on any atom is 0.282 e. The van der Waals surface area contributed by atoms with Crippen molar-refractivity contribution in [1.29, 1.82) is 0 Å². The fraction of sp³-hybridized carbons (Fsp3) is 0.212. The molecule has 2 heterocycles. The summed E-state index contributed by atoms with van der Waals surface area (Å²) in [5.41, 5.74) is 4.49. The number of amides is 1. The number of benzene rings is 3.